The molecule has 0 aromatic heterocycles. The zero-order valence-corrected chi connectivity index (χ0v) is 26.2. The number of hydrogen-bond donors (Lipinski definition) is 3. The minimum absolute atomic E-state index is 0.0324. The number of anilines is 1. The molecular weight excluding hydrogens is 530 g/mol. The minimum Gasteiger partial charge on any atom is -0.496 e. The normalized spacial score (nSPS) is 30.8. The van der Waals surface area contributed by atoms with Crippen molar-refractivity contribution in [3.63, 3.8) is 0 Å². The van der Waals surface area contributed by atoms with Crippen LogP contribution in [0.2, 0.25) is 0 Å². The maximum atomic E-state index is 13.5. The van der Waals surface area contributed by atoms with E-state index in [1.165, 1.54) is 6.42 Å². The summed E-state index contributed by atoms with van der Waals surface area (Å²) < 4.78 is 5.95. The van der Waals surface area contributed by atoms with Gasteiger partial charge in [-0.15, -0.1) is 0 Å². The quantitative estimate of drug-likeness (QED) is 0.382. The first kappa shape index (κ1) is 30.8. The molecule has 6 rings (SSSR count). The van der Waals surface area contributed by atoms with Gasteiger partial charge in [-0.1, -0.05) is 51.1 Å². The SMILES string of the molecule is COc1c(CN2O[C@@H](CO)[C@@H]([C@H](C)O)[C@H]2CC(=O)N[C@H]2C[C@H]3C[C@@H]([C@@H]2C)C3(C)C)cccc1-c1cccc(N(C)C)c1. The van der Waals surface area contributed by atoms with Crippen LogP contribution in [0.4, 0.5) is 5.69 Å². The molecule has 0 unspecified atom stereocenters. The zero-order chi connectivity index (χ0) is 30.3. The van der Waals surface area contributed by atoms with E-state index in [9.17, 15) is 15.0 Å². The van der Waals surface area contributed by atoms with Crippen molar-refractivity contribution in [2.24, 2.45) is 29.1 Å². The van der Waals surface area contributed by atoms with Crippen molar-refractivity contribution in [1.29, 1.82) is 0 Å². The van der Waals surface area contributed by atoms with E-state index in [0.717, 1.165) is 34.5 Å². The summed E-state index contributed by atoms with van der Waals surface area (Å²) >= 11 is 0. The number of nitrogens with zero attached hydrogens (tertiary/aromatic N) is 2. The van der Waals surface area contributed by atoms with E-state index < -0.39 is 24.2 Å². The predicted molar refractivity (Wildman–Crippen MR) is 165 cm³/mol. The maximum Gasteiger partial charge on any atom is 0.221 e. The Labute approximate surface area is 251 Å². The van der Waals surface area contributed by atoms with Gasteiger partial charge in [0.25, 0.3) is 0 Å². The molecule has 230 valence electrons. The number of methoxy groups -OCH3 is 1. The molecule has 0 spiro atoms. The van der Waals surface area contributed by atoms with Crippen molar-refractivity contribution < 1.29 is 24.6 Å². The number of aliphatic hydroxyl groups excluding tert-OH is 2. The van der Waals surface area contributed by atoms with Gasteiger partial charge in [-0.2, -0.15) is 5.06 Å². The first-order chi connectivity index (χ1) is 20.0. The first-order valence-electron chi connectivity index (χ1n) is 15.4. The summed E-state index contributed by atoms with van der Waals surface area (Å²) in [6, 6.07) is 14.1. The molecule has 2 bridgehead atoms. The first-order valence-corrected chi connectivity index (χ1v) is 15.4. The van der Waals surface area contributed by atoms with Gasteiger partial charge >= 0.3 is 0 Å². The van der Waals surface area contributed by atoms with Gasteiger partial charge < -0.3 is 25.2 Å². The molecule has 8 heteroatoms. The number of para-hydroxylation sites is 1. The third kappa shape index (κ3) is 5.66. The van der Waals surface area contributed by atoms with E-state index in [-0.39, 0.29) is 25.0 Å². The van der Waals surface area contributed by atoms with Crippen LogP contribution in [0.5, 0.6) is 5.75 Å². The Hall–Kier alpha value is -2.65. The lowest BCUT2D eigenvalue weighted by Gasteiger charge is -2.62. The fourth-order valence-electron chi connectivity index (χ4n) is 8.04. The number of ether oxygens (including phenoxy) is 1. The summed E-state index contributed by atoms with van der Waals surface area (Å²) in [5.74, 6) is 2.00. The van der Waals surface area contributed by atoms with E-state index in [1.54, 1.807) is 19.1 Å². The summed E-state index contributed by atoms with van der Waals surface area (Å²) in [5.41, 5.74) is 4.35. The Kier molecular flexibility index (Phi) is 8.91. The zero-order valence-electron chi connectivity index (χ0n) is 26.2. The predicted octanol–water partition coefficient (Wildman–Crippen LogP) is 4.48. The lowest BCUT2D eigenvalue weighted by molar-refractivity contribution is -0.180. The maximum absolute atomic E-state index is 13.5. The lowest BCUT2D eigenvalue weighted by Crippen LogP contribution is -2.61. The monoisotopic (exact) mass is 579 g/mol. The smallest absolute Gasteiger partial charge is 0.221 e. The molecule has 4 fully saturated rings. The number of rotatable bonds is 10. The Balaban J connectivity index is 1.37. The van der Waals surface area contributed by atoms with Crippen LogP contribution >= 0.6 is 0 Å². The van der Waals surface area contributed by atoms with Crippen LogP contribution in [0.25, 0.3) is 11.1 Å². The Morgan fingerprint density at radius 2 is 1.95 bits per heavy atom. The topological polar surface area (TPSA) is 94.5 Å². The highest BCUT2D eigenvalue weighted by Gasteiger charge is 2.56. The van der Waals surface area contributed by atoms with Crippen molar-refractivity contribution in [3.8, 4) is 16.9 Å². The van der Waals surface area contributed by atoms with Crippen LogP contribution in [0.3, 0.4) is 0 Å². The van der Waals surface area contributed by atoms with Gasteiger partial charge in [-0.25, -0.2) is 0 Å². The average Bonchev–Trinajstić information content (AvgIpc) is 3.30. The summed E-state index contributed by atoms with van der Waals surface area (Å²) in [4.78, 5) is 21.8. The molecule has 3 aliphatic carbocycles. The van der Waals surface area contributed by atoms with Crippen LogP contribution in [0, 0.1) is 29.1 Å². The number of aliphatic hydroxyl groups is 2. The van der Waals surface area contributed by atoms with Crippen molar-refractivity contribution >= 4 is 11.6 Å². The number of benzene rings is 2. The fraction of sp³-hybridized carbons (Fsp3) is 0.618. The highest BCUT2D eigenvalue weighted by molar-refractivity contribution is 5.77. The highest BCUT2D eigenvalue weighted by Crippen LogP contribution is 2.61. The van der Waals surface area contributed by atoms with Crippen LogP contribution in [0.15, 0.2) is 42.5 Å². The summed E-state index contributed by atoms with van der Waals surface area (Å²) in [7, 11) is 5.70. The highest BCUT2D eigenvalue weighted by atomic mass is 16.7. The lowest BCUT2D eigenvalue weighted by atomic mass is 9.45. The van der Waals surface area contributed by atoms with Gasteiger partial charge in [0.1, 0.15) is 11.9 Å². The third-order valence-electron chi connectivity index (χ3n) is 10.6. The number of nitrogens with one attached hydrogen (secondary N) is 1. The van der Waals surface area contributed by atoms with Gasteiger partial charge in [-0.3, -0.25) is 9.63 Å². The van der Waals surface area contributed by atoms with E-state index in [4.69, 9.17) is 9.57 Å². The molecule has 4 aliphatic rings. The molecular formula is C34H49N3O5. The number of amides is 1. The molecule has 2 aromatic carbocycles. The number of carbonyl (C=O) groups is 1. The summed E-state index contributed by atoms with van der Waals surface area (Å²) in [6.07, 6.45) is 1.10. The summed E-state index contributed by atoms with van der Waals surface area (Å²) in [6.45, 7) is 8.81. The van der Waals surface area contributed by atoms with Crippen LogP contribution in [0.1, 0.15) is 52.5 Å². The molecule has 2 aromatic rings. The standard InChI is InChI=1S/C34H49N3O5/c1-20-27-15-24(34(27,3)4)16-28(20)35-31(40)17-29-32(21(2)39)30(19-38)42-37(29)18-23-11-9-13-26(33(23)41-7)22-10-8-12-25(14-22)36(5)6/h8-14,20-21,24,27-30,32,38-39H,15-19H2,1-7H3,(H,35,40)/t20-,21-,24+,27-,28-,29+,30-,32-/m0/s1. The molecule has 3 saturated carbocycles. The molecule has 42 heavy (non-hydrogen) atoms. The van der Waals surface area contributed by atoms with E-state index >= 15 is 0 Å². The van der Waals surface area contributed by atoms with Gasteiger partial charge in [0, 0.05) is 49.3 Å². The van der Waals surface area contributed by atoms with Crippen LogP contribution in [-0.2, 0) is 16.2 Å². The van der Waals surface area contributed by atoms with Gasteiger partial charge in [0.15, 0.2) is 0 Å². The second-order valence-electron chi connectivity index (χ2n) is 13.6. The van der Waals surface area contributed by atoms with Gasteiger partial charge in [-0.05, 0) is 60.6 Å². The van der Waals surface area contributed by atoms with E-state index in [1.807, 2.05) is 38.4 Å². The molecule has 0 radical (unpaired) electrons. The average molecular weight is 580 g/mol. The van der Waals surface area contributed by atoms with E-state index in [2.05, 4.69) is 49.2 Å². The fourth-order valence-corrected chi connectivity index (χ4v) is 8.04. The number of hydrogen-bond acceptors (Lipinski definition) is 7. The van der Waals surface area contributed by atoms with Crippen LogP contribution in [-0.4, -0.2) is 73.3 Å². The third-order valence-corrected chi connectivity index (χ3v) is 10.6. The Morgan fingerprint density at radius 3 is 2.57 bits per heavy atom. The van der Waals surface area contributed by atoms with Crippen molar-refractivity contribution in [2.45, 2.75) is 77.8 Å². The van der Waals surface area contributed by atoms with Crippen molar-refractivity contribution in [1.82, 2.24) is 10.4 Å². The van der Waals surface area contributed by atoms with Crippen LogP contribution < -0.4 is 15.0 Å². The minimum atomic E-state index is -0.756. The Morgan fingerprint density at radius 1 is 1.21 bits per heavy atom. The molecule has 8 atom stereocenters. The van der Waals surface area contributed by atoms with E-state index in [0.29, 0.717) is 29.7 Å². The largest absolute Gasteiger partial charge is 0.496 e. The number of carbonyl (C=O) groups excluding carboxylic acids is 1. The molecule has 1 saturated heterocycles. The molecule has 1 aliphatic heterocycles. The summed E-state index contributed by atoms with van der Waals surface area (Å²) in [5, 5.41) is 26.1. The van der Waals surface area contributed by atoms with Crippen molar-refractivity contribution in [3.05, 3.63) is 48.0 Å². The Bertz CT molecular complexity index is 1260. The second-order valence-corrected chi connectivity index (χ2v) is 13.6. The number of hydroxylamine groups is 2. The second kappa shape index (κ2) is 12.2. The molecule has 8 nitrogen and oxygen atoms in total. The number of fused-ring (bicyclic) bond motifs is 2. The van der Waals surface area contributed by atoms with Crippen molar-refractivity contribution in [2.75, 3.05) is 32.7 Å². The van der Waals surface area contributed by atoms with Gasteiger partial charge in [0.05, 0.1) is 32.4 Å². The molecule has 3 N–H and O–H groups in total. The molecule has 1 amide bonds. The van der Waals surface area contributed by atoms with Gasteiger partial charge in [0.2, 0.25) is 5.91 Å². The molecule has 1 heterocycles.